The van der Waals surface area contributed by atoms with Crippen LogP contribution in [0, 0.1) is 6.92 Å². The summed E-state index contributed by atoms with van der Waals surface area (Å²) >= 11 is 0. The lowest BCUT2D eigenvalue weighted by Gasteiger charge is -2.01. The first-order chi connectivity index (χ1) is 11.0. The van der Waals surface area contributed by atoms with Crippen LogP contribution in [-0.2, 0) is 0 Å². The van der Waals surface area contributed by atoms with Crippen molar-refractivity contribution in [3.8, 4) is 0 Å². The van der Waals surface area contributed by atoms with E-state index in [2.05, 4.69) is 48.5 Å². The molecule has 0 aliphatic heterocycles. The molecule has 0 unspecified atom stereocenters. The molecule has 0 heterocycles. The molecule has 2 N–H and O–H groups in total. The second kappa shape index (κ2) is 7.22. The molecule has 0 saturated carbocycles. The molecular formula is C19H16O4. The maximum Gasteiger partial charge on any atom is 0.336 e. The van der Waals surface area contributed by atoms with Gasteiger partial charge in [-0.3, -0.25) is 0 Å². The van der Waals surface area contributed by atoms with Gasteiger partial charge in [-0.15, -0.1) is 0 Å². The van der Waals surface area contributed by atoms with E-state index < -0.39 is 11.9 Å². The number of fused-ring (bicyclic) bond motifs is 1. The molecule has 4 nitrogen and oxygen atoms in total. The van der Waals surface area contributed by atoms with Gasteiger partial charge in [0, 0.05) is 0 Å². The summed E-state index contributed by atoms with van der Waals surface area (Å²) in [7, 11) is 0. The molecule has 3 rings (SSSR count). The molecule has 0 aromatic heterocycles. The topological polar surface area (TPSA) is 74.6 Å². The number of benzene rings is 3. The summed E-state index contributed by atoms with van der Waals surface area (Å²) in [6.45, 7) is 1.71. The van der Waals surface area contributed by atoms with Crippen molar-refractivity contribution in [3.63, 3.8) is 0 Å². The lowest BCUT2D eigenvalue weighted by Crippen LogP contribution is -2.07. The summed E-state index contributed by atoms with van der Waals surface area (Å²) in [5.41, 5.74) is 0.369. The number of hydrogen-bond acceptors (Lipinski definition) is 2. The van der Waals surface area contributed by atoms with Gasteiger partial charge in [0.2, 0.25) is 0 Å². The number of carboxylic acids is 2. The molecule has 23 heavy (non-hydrogen) atoms. The SMILES string of the molecule is Cc1ccc(C(=O)O)c(C(=O)O)c1.c1ccc2ccccc2c1. The molecule has 0 bridgehead atoms. The Morgan fingerprint density at radius 2 is 1.13 bits per heavy atom. The molecule has 0 saturated heterocycles. The van der Waals surface area contributed by atoms with Crippen molar-refractivity contribution in [1.82, 2.24) is 0 Å². The highest BCUT2D eigenvalue weighted by molar-refractivity contribution is 6.01. The highest BCUT2D eigenvalue weighted by Gasteiger charge is 2.14. The van der Waals surface area contributed by atoms with E-state index in [4.69, 9.17) is 10.2 Å². The molecule has 0 radical (unpaired) electrons. The van der Waals surface area contributed by atoms with Crippen LogP contribution >= 0.6 is 0 Å². The van der Waals surface area contributed by atoms with Gasteiger partial charge in [0.1, 0.15) is 0 Å². The first kappa shape index (κ1) is 16.2. The lowest BCUT2D eigenvalue weighted by molar-refractivity contribution is 0.0651. The molecule has 3 aromatic rings. The number of aryl methyl sites for hydroxylation is 1. The molecule has 4 heteroatoms. The first-order valence-electron chi connectivity index (χ1n) is 7.00. The van der Waals surface area contributed by atoms with Crippen LogP contribution in [0.3, 0.4) is 0 Å². The van der Waals surface area contributed by atoms with Gasteiger partial charge in [0.25, 0.3) is 0 Å². The molecule has 0 spiro atoms. The number of carboxylic acid groups (broad SMARTS) is 2. The quantitative estimate of drug-likeness (QED) is 0.743. The van der Waals surface area contributed by atoms with Gasteiger partial charge in [-0.1, -0.05) is 60.2 Å². The second-order valence-corrected chi connectivity index (χ2v) is 5.01. The van der Waals surface area contributed by atoms with Crippen molar-refractivity contribution in [2.24, 2.45) is 0 Å². The highest BCUT2D eigenvalue weighted by Crippen LogP contribution is 2.12. The maximum absolute atomic E-state index is 10.6. The Morgan fingerprint density at radius 3 is 1.52 bits per heavy atom. The summed E-state index contributed by atoms with van der Waals surface area (Å²) in [6.07, 6.45) is 0. The number of hydrogen-bond donors (Lipinski definition) is 2. The third kappa shape index (κ3) is 4.17. The van der Waals surface area contributed by atoms with Crippen LogP contribution in [0.1, 0.15) is 26.3 Å². The Bertz CT molecular complexity index is 787. The van der Waals surface area contributed by atoms with Crippen LogP contribution in [0.4, 0.5) is 0 Å². The van der Waals surface area contributed by atoms with Gasteiger partial charge in [0.15, 0.2) is 0 Å². The minimum atomic E-state index is -1.22. The average Bonchev–Trinajstić information content (AvgIpc) is 2.55. The van der Waals surface area contributed by atoms with Gasteiger partial charge in [0.05, 0.1) is 11.1 Å². The van der Waals surface area contributed by atoms with Crippen LogP contribution in [0.2, 0.25) is 0 Å². The average molecular weight is 308 g/mol. The van der Waals surface area contributed by atoms with Gasteiger partial charge < -0.3 is 10.2 Å². The van der Waals surface area contributed by atoms with E-state index >= 15 is 0 Å². The van der Waals surface area contributed by atoms with Gasteiger partial charge >= 0.3 is 11.9 Å². The molecule has 0 aliphatic carbocycles. The van der Waals surface area contributed by atoms with Crippen LogP contribution in [0.25, 0.3) is 10.8 Å². The van der Waals surface area contributed by atoms with Crippen molar-refractivity contribution >= 4 is 22.7 Å². The van der Waals surface area contributed by atoms with Crippen LogP contribution < -0.4 is 0 Å². The Hall–Kier alpha value is -3.14. The van der Waals surface area contributed by atoms with Crippen molar-refractivity contribution in [1.29, 1.82) is 0 Å². The first-order valence-corrected chi connectivity index (χ1v) is 7.00. The van der Waals surface area contributed by atoms with E-state index in [1.165, 1.54) is 22.9 Å². The zero-order valence-corrected chi connectivity index (χ0v) is 12.6. The van der Waals surface area contributed by atoms with E-state index in [0.717, 1.165) is 5.56 Å². The van der Waals surface area contributed by atoms with E-state index in [0.29, 0.717) is 0 Å². The molecule has 116 valence electrons. The smallest absolute Gasteiger partial charge is 0.336 e. The fraction of sp³-hybridized carbons (Fsp3) is 0.0526. The lowest BCUT2D eigenvalue weighted by atomic mass is 10.0. The molecule has 3 aromatic carbocycles. The van der Waals surface area contributed by atoms with E-state index in [-0.39, 0.29) is 11.1 Å². The molecule has 0 atom stereocenters. The summed E-state index contributed by atoms with van der Waals surface area (Å²) < 4.78 is 0. The molecular weight excluding hydrogens is 292 g/mol. The monoisotopic (exact) mass is 308 g/mol. The Kier molecular flexibility index (Phi) is 5.10. The predicted octanol–water partition coefficient (Wildman–Crippen LogP) is 4.23. The fourth-order valence-corrected chi connectivity index (χ4v) is 2.15. The Balaban J connectivity index is 0.000000172. The van der Waals surface area contributed by atoms with E-state index in [1.807, 2.05) is 0 Å². The predicted molar refractivity (Wildman–Crippen MR) is 89.0 cm³/mol. The van der Waals surface area contributed by atoms with Crippen LogP contribution in [0.15, 0.2) is 66.7 Å². The summed E-state index contributed by atoms with van der Waals surface area (Å²) in [4.78, 5) is 21.2. The molecule has 0 amide bonds. The Labute approximate surface area is 133 Å². The summed E-state index contributed by atoms with van der Waals surface area (Å²) in [6, 6.07) is 20.9. The zero-order valence-electron chi connectivity index (χ0n) is 12.6. The van der Waals surface area contributed by atoms with Crippen LogP contribution in [0.5, 0.6) is 0 Å². The normalized spacial score (nSPS) is 9.78. The summed E-state index contributed by atoms with van der Waals surface area (Å²) in [5, 5.41) is 19.9. The van der Waals surface area contributed by atoms with Gasteiger partial charge in [-0.05, 0) is 29.8 Å². The van der Waals surface area contributed by atoms with Crippen molar-refractivity contribution < 1.29 is 19.8 Å². The van der Waals surface area contributed by atoms with Gasteiger partial charge in [-0.2, -0.15) is 0 Å². The number of rotatable bonds is 2. The Morgan fingerprint density at radius 1 is 0.696 bits per heavy atom. The van der Waals surface area contributed by atoms with Crippen molar-refractivity contribution in [2.75, 3.05) is 0 Å². The van der Waals surface area contributed by atoms with Crippen LogP contribution in [-0.4, -0.2) is 22.2 Å². The second-order valence-electron chi connectivity index (χ2n) is 5.01. The minimum absolute atomic E-state index is 0.174. The third-order valence-corrected chi connectivity index (χ3v) is 3.29. The summed E-state index contributed by atoms with van der Waals surface area (Å²) in [5.74, 6) is -2.45. The fourth-order valence-electron chi connectivity index (χ4n) is 2.15. The zero-order chi connectivity index (χ0) is 16.8. The van der Waals surface area contributed by atoms with Gasteiger partial charge in [-0.25, -0.2) is 9.59 Å². The minimum Gasteiger partial charge on any atom is -0.478 e. The van der Waals surface area contributed by atoms with E-state index in [9.17, 15) is 9.59 Å². The maximum atomic E-state index is 10.6. The third-order valence-electron chi connectivity index (χ3n) is 3.29. The number of aromatic carboxylic acids is 2. The largest absolute Gasteiger partial charge is 0.478 e. The number of carbonyl (C=O) groups is 2. The van der Waals surface area contributed by atoms with Crippen molar-refractivity contribution in [3.05, 3.63) is 83.4 Å². The highest BCUT2D eigenvalue weighted by atomic mass is 16.4. The standard InChI is InChI=1S/C10H8.C9H8O4/c1-2-6-10-8-4-3-7-9(10)5-1;1-5-2-3-6(8(10)11)7(4-5)9(12)13/h1-8H;2-4H,1H3,(H,10,11)(H,12,13). The van der Waals surface area contributed by atoms with Crippen molar-refractivity contribution in [2.45, 2.75) is 6.92 Å². The molecule has 0 aliphatic rings. The molecule has 0 fully saturated rings. The van der Waals surface area contributed by atoms with E-state index in [1.54, 1.807) is 13.0 Å².